The summed E-state index contributed by atoms with van der Waals surface area (Å²) in [5.41, 5.74) is -2.00. The van der Waals surface area contributed by atoms with Crippen molar-refractivity contribution in [2.24, 2.45) is 0 Å². The molecule has 0 saturated carbocycles. The molecule has 0 bridgehead atoms. The summed E-state index contributed by atoms with van der Waals surface area (Å²) >= 11 is 0. The van der Waals surface area contributed by atoms with Gasteiger partial charge in [-0.05, 0) is 37.3 Å². The Kier molecular flexibility index (Phi) is 4.58. The first-order chi connectivity index (χ1) is 12.3. The van der Waals surface area contributed by atoms with Crippen molar-refractivity contribution in [3.63, 3.8) is 0 Å². The van der Waals surface area contributed by atoms with Gasteiger partial charge in [-0.2, -0.15) is 0 Å². The van der Waals surface area contributed by atoms with Crippen LogP contribution in [0.25, 0.3) is 0 Å². The molecule has 2 aromatic rings. The molecule has 1 heterocycles. The van der Waals surface area contributed by atoms with Gasteiger partial charge in [0.05, 0.1) is 6.54 Å². The van der Waals surface area contributed by atoms with Crippen LogP contribution in [0.1, 0.15) is 12.5 Å². The minimum absolute atomic E-state index is 0.0153. The van der Waals surface area contributed by atoms with Crippen molar-refractivity contribution in [2.75, 3.05) is 13.2 Å². The van der Waals surface area contributed by atoms with Crippen LogP contribution in [0.3, 0.4) is 0 Å². The fourth-order valence-corrected chi connectivity index (χ4v) is 2.77. The SMILES string of the molecule is CC1(c2cc(F)ccc2F)NC(=O)N(CCOc2ccccc2F)C1=O. The quantitative estimate of drug-likeness (QED) is 0.830. The van der Waals surface area contributed by atoms with Crippen LogP contribution in [0.2, 0.25) is 0 Å². The third-order valence-electron chi connectivity index (χ3n) is 4.15. The number of nitrogens with zero attached hydrogens (tertiary/aromatic N) is 1. The molecule has 26 heavy (non-hydrogen) atoms. The van der Waals surface area contributed by atoms with Crippen molar-refractivity contribution < 1.29 is 27.5 Å². The molecule has 1 unspecified atom stereocenters. The van der Waals surface area contributed by atoms with Gasteiger partial charge in [-0.15, -0.1) is 0 Å². The molecule has 1 atom stereocenters. The molecular weight excluding hydrogens is 349 g/mol. The summed E-state index contributed by atoms with van der Waals surface area (Å²) in [6, 6.07) is 7.61. The smallest absolute Gasteiger partial charge is 0.325 e. The highest BCUT2D eigenvalue weighted by Gasteiger charge is 2.50. The number of hydrogen-bond acceptors (Lipinski definition) is 3. The van der Waals surface area contributed by atoms with Crippen LogP contribution in [-0.2, 0) is 10.3 Å². The van der Waals surface area contributed by atoms with Gasteiger partial charge < -0.3 is 10.1 Å². The van der Waals surface area contributed by atoms with E-state index in [4.69, 9.17) is 4.74 Å². The third-order valence-corrected chi connectivity index (χ3v) is 4.15. The van der Waals surface area contributed by atoms with Crippen LogP contribution < -0.4 is 10.1 Å². The molecule has 1 aliphatic heterocycles. The largest absolute Gasteiger partial charge is 0.489 e. The zero-order valence-electron chi connectivity index (χ0n) is 13.8. The Bertz CT molecular complexity index is 875. The lowest BCUT2D eigenvalue weighted by Gasteiger charge is -2.22. The molecule has 1 saturated heterocycles. The van der Waals surface area contributed by atoms with Gasteiger partial charge in [0, 0.05) is 5.56 Å². The van der Waals surface area contributed by atoms with Crippen LogP contribution in [0.15, 0.2) is 42.5 Å². The Hall–Kier alpha value is -3.03. The number of amides is 3. The van der Waals surface area contributed by atoms with Gasteiger partial charge in [0.15, 0.2) is 11.6 Å². The van der Waals surface area contributed by atoms with E-state index in [9.17, 15) is 22.8 Å². The molecule has 0 aliphatic carbocycles. The van der Waals surface area contributed by atoms with Gasteiger partial charge in [-0.1, -0.05) is 12.1 Å². The second kappa shape index (κ2) is 6.70. The lowest BCUT2D eigenvalue weighted by atomic mass is 9.91. The lowest BCUT2D eigenvalue weighted by Crippen LogP contribution is -2.42. The highest BCUT2D eigenvalue weighted by atomic mass is 19.1. The van der Waals surface area contributed by atoms with Gasteiger partial charge >= 0.3 is 6.03 Å². The Morgan fingerprint density at radius 2 is 1.81 bits per heavy atom. The first kappa shape index (κ1) is 17.8. The number of halogens is 3. The Balaban J connectivity index is 1.74. The molecule has 2 aromatic carbocycles. The van der Waals surface area contributed by atoms with Crippen LogP contribution >= 0.6 is 0 Å². The molecule has 0 aromatic heterocycles. The van der Waals surface area contributed by atoms with Crippen molar-refractivity contribution in [1.29, 1.82) is 0 Å². The molecule has 136 valence electrons. The fraction of sp³-hybridized carbons (Fsp3) is 0.222. The maximum absolute atomic E-state index is 14.1. The second-order valence-electron chi connectivity index (χ2n) is 5.91. The summed E-state index contributed by atoms with van der Waals surface area (Å²) in [6.45, 7) is 0.968. The van der Waals surface area contributed by atoms with E-state index in [0.29, 0.717) is 0 Å². The van der Waals surface area contributed by atoms with Crippen molar-refractivity contribution in [3.8, 4) is 5.75 Å². The van der Waals surface area contributed by atoms with E-state index in [0.717, 1.165) is 23.1 Å². The van der Waals surface area contributed by atoms with Crippen LogP contribution in [0, 0.1) is 17.5 Å². The number of nitrogens with one attached hydrogen (secondary N) is 1. The maximum atomic E-state index is 14.1. The van der Waals surface area contributed by atoms with Gasteiger partial charge in [0.1, 0.15) is 23.8 Å². The Morgan fingerprint density at radius 1 is 1.08 bits per heavy atom. The summed E-state index contributed by atoms with van der Waals surface area (Å²) in [4.78, 5) is 25.6. The zero-order valence-corrected chi connectivity index (χ0v) is 13.8. The number of ether oxygens (including phenoxy) is 1. The highest BCUT2D eigenvalue weighted by Crippen LogP contribution is 2.31. The van der Waals surface area contributed by atoms with E-state index in [1.54, 1.807) is 6.07 Å². The monoisotopic (exact) mass is 364 g/mol. The summed E-state index contributed by atoms with van der Waals surface area (Å²) < 4.78 is 46.3. The standard InChI is InChI=1S/C18H15F3N2O3/c1-18(12-10-11(19)6-7-13(12)20)16(24)23(17(25)22-18)8-9-26-15-5-3-2-4-14(15)21/h2-7,10H,8-9H2,1H3,(H,22,25). The average molecular weight is 364 g/mol. The van der Waals surface area contributed by atoms with Crippen molar-refractivity contribution in [3.05, 3.63) is 65.5 Å². The normalized spacial score (nSPS) is 19.6. The number of benzene rings is 2. The van der Waals surface area contributed by atoms with Gasteiger partial charge in [0.25, 0.3) is 5.91 Å². The summed E-state index contributed by atoms with van der Waals surface area (Å²) in [7, 11) is 0. The number of rotatable bonds is 5. The number of urea groups is 1. The van der Waals surface area contributed by atoms with Gasteiger partial charge in [-0.3, -0.25) is 9.69 Å². The number of hydrogen-bond donors (Lipinski definition) is 1. The lowest BCUT2D eigenvalue weighted by molar-refractivity contribution is -0.131. The van der Waals surface area contributed by atoms with Crippen molar-refractivity contribution in [1.82, 2.24) is 10.2 Å². The topological polar surface area (TPSA) is 58.6 Å². The van der Waals surface area contributed by atoms with E-state index in [1.807, 2.05) is 0 Å². The van der Waals surface area contributed by atoms with Gasteiger partial charge in [0.2, 0.25) is 0 Å². The molecule has 3 amide bonds. The average Bonchev–Trinajstić information content (AvgIpc) is 2.82. The second-order valence-corrected chi connectivity index (χ2v) is 5.91. The Morgan fingerprint density at radius 3 is 2.54 bits per heavy atom. The van der Waals surface area contributed by atoms with Gasteiger partial charge in [-0.25, -0.2) is 18.0 Å². The van der Waals surface area contributed by atoms with Crippen LogP contribution in [0.4, 0.5) is 18.0 Å². The summed E-state index contributed by atoms with van der Waals surface area (Å²) in [5.74, 6) is -2.88. The molecule has 1 N–H and O–H groups in total. The molecular formula is C18H15F3N2O3. The molecule has 3 rings (SSSR count). The number of imide groups is 1. The molecule has 8 heteroatoms. The number of carbonyl (C=O) groups excluding carboxylic acids is 2. The van der Waals surface area contributed by atoms with E-state index in [-0.39, 0.29) is 24.5 Å². The molecule has 5 nitrogen and oxygen atoms in total. The summed E-state index contributed by atoms with van der Waals surface area (Å²) in [5, 5.41) is 2.38. The molecule has 0 radical (unpaired) electrons. The number of carbonyl (C=O) groups is 2. The Labute approximate surface area is 147 Å². The van der Waals surface area contributed by atoms with E-state index < -0.39 is 34.9 Å². The maximum Gasteiger partial charge on any atom is 0.325 e. The molecule has 0 spiro atoms. The van der Waals surface area contributed by atoms with E-state index in [2.05, 4.69) is 5.32 Å². The first-order valence-electron chi connectivity index (χ1n) is 7.80. The van der Waals surface area contributed by atoms with Crippen molar-refractivity contribution >= 4 is 11.9 Å². The highest BCUT2D eigenvalue weighted by molar-refractivity contribution is 6.07. The third kappa shape index (κ3) is 3.10. The fourth-order valence-electron chi connectivity index (χ4n) is 2.77. The summed E-state index contributed by atoms with van der Waals surface area (Å²) in [6.07, 6.45) is 0. The minimum Gasteiger partial charge on any atom is -0.489 e. The first-order valence-corrected chi connectivity index (χ1v) is 7.80. The van der Waals surface area contributed by atoms with Crippen LogP contribution in [0.5, 0.6) is 5.75 Å². The predicted molar refractivity (Wildman–Crippen MR) is 85.8 cm³/mol. The molecule has 1 fully saturated rings. The molecule has 1 aliphatic rings. The van der Waals surface area contributed by atoms with Crippen molar-refractivity contribution in [2.45, 2.75) is 12.5 Å². The minimum atomic E-state index is -1.73. The van der Waals surface area contributed by atoms with E-state index >= 15 is 0 Å². The zero-order chi connectivity index (χ0) is 18.9. The number of para-hydroxylation sites is 1. The van der Waals surface area contributed by atoms with E-state index in [1.165, 1.54) is 25.1 Å². The predicted octanol–water partition coefficient (Wildman–Crippen LogP) is 2.95. The van der Waals surface area contributed by atoms with Crippen LogP contribution in [-0.4, -0.2) is 30.0 Å².